The molecule has 5 nitrogen and oxygen atoms in total. The first-order chi connectivity index (χ1) is 8.78. The van der Waals surface area contributed by atoms with Crippen molar-refractivity contribution in [1.82, 2.24) is 15.1 Å². The Morgan fingerprint density at radius 3 is 2.58 bits per heavy atom. The maximum atomic E-state index is 11.8. The molecule has 1 saturated heterocycles. The Morgan fingerprint density at radius 2 is 2.11 bits per heavy atom. The summed E-state index contributed by atoms with van der Waals surface area (Å²) in [5.41, 5.74) is 4.94. The minimum atomic E-state index is -0.650. The molecule has 0 spiro atoms. The highest BCUT2D eigenvalue weighted by molar-refractivity contribution is 5.84. The SMILES string of the molecule is CCC1CN(CC(C)(NC(C)C)C(N)=O)CCN1C. The van der Waals surface area contributed by atoms with Gasteiger partial charge in [-0.1, -0.05) is 6.92 Å². The van der Waals surface area contributed by atoms with Gasteiger partial charge in [-0.25, -0.2) is 0 Å². The summed E-state index contributed by atoms with van der Waals surface area (Å²) in [5, 5.41) is 3.32. The molecule has 19 heavy (non-hydrogen) atoms. The number of rotatable bonds is 6. The fourth-order valence-electron chi connectivity index (χ4n) is 2.87. The van der Waals surface area contributed by atoms with E-state index in [2.05, 4.69) is 29.1 Å². The Hall–Kier alpha value is -0.650. The van der Waals surface area contributed by atoms with Crippen molar-refractivity contribution in [2.75, 3.05) is 33.2 Å². The Kier molecular flexibility index (Phi) is 5.77. The number of carbonyl (C=O) groups is 1. The molecule has 5 heteroatoms. The van der Waals surface area contributed by atoms with Gasteiger partial charge in [0.1, 0.15) is 5.54 Å². The quantitative estimate of drug-likeness (QED) is 0.726. The number of hydrogen-bond donors (Lipinski definition) is 2. The molecule has 3 N–H and O–H groups in total. The van der Waals surface area contributed by atoms with Crippen molar-refractivity contribution in [3.63, 3.8) is 0 Å². The summed E-state index contributed by atoms with van der Waals surface area (Å²) < 4.78 is 0. The van der Waals surface area contributed by atoms with Crippen LogP contribution in [0.5, 0.6) is 0 Å². The summed E-state index contributed by atoms with van der Waals surface area (Å²) in [7, 11) is 2.17. The number of piperazine rings is 1. The molecule has 1 aliphatic rings. The first-order valence-corrected chi connectivity index (χ1v) is 7.28. The number of carbonyl (C=O) groups excluding carboxylic acids is 1. The number of primary amides is 1. The standard InChI is InChI=1S/C14H30N4O/c1-6-12-9-18(8-7-17(12)5)10-14(4,13(15)19)16-11(2)3/h11-12,16H,6-10H2,1-5H3,(H2,15,19). The van der Waals surface area contributed by atoms with E-state index in [1.807, 2.05) is 20.8 Å². The maximum Gasteiger partial charge on any atom is 0.238 e. The van der Waals surface area contributed by atoms with E-state index in [1.54, 1.807) is 0 Å². The van der Waals surface area contributed by atoms with Crippen LogP contribution in [0.4, 0.5) is 0 Å². The first-order valence-electron chi connectivity index (χ1n) is 7.28. The molecule has 0 aromatic carbocycles. The van der Waals surface area contributed by atoms with E-state index in [1.165, 1.54) is 0 Å². The van der Waals surface area contributed by atoms with Gasteiger partial charge in [0, 0.05) is 38.3 Å². The fraction of sp³-hybridized carbons (Fsp3) is 0.929. The number of likely N-dealkylation sites (N-methyl/N-ethyl adjacent to an activating group) is 1. The molecule has 1 fully saturated rings. The average molecular weight is 270 g/mol. The molecule has 1 heterocycles. The Labute approximate surface area is 117 Å². The second-order valence-electron chi connectivity index (χ2n) is 6.27. The van der Waals surface area contributed by atoms with Crippen LogP contribution in [0.3, 0.4) is 0 Å². The van der Waals surface area contributed by atoms with Crippen LogP contribution in [0.1, 0.15) is 34.1 Å². The van der Waals surface area contributed by atoms with Crippen molar-refractivity contribution >= 4 is 5.91 Å². The largest absolute Gasteiger partial charge is 0.368 e. The van der Waals surface area contributed by atoms with Crippen molar-refractivity contribution in [3.8, 4) is 0 Å². The van der Waals surface area contributed by atoms with Crippen molar-refractivity contribution in [1.29, 1.82) is 0 Å². The highest BCUT2D eigenvalue weighted by Crippen LogP contribution is 2.15. The van der Waals surface area contributed by atoms with Gasteiger partial charge in [-0.05, 0) is 34.2 Å². The van der Waals surface area contributed by atoms with Crippen LogP contribution < -0.4 is 11.1 Å². The third kappa shape index (κ3) is 4.44. The zero-order valence-corrected chi connectivity index (χ0v) is 13.1. The van der Waals surface area contributed by atoms with Gasteiger partial charge < -0.3 is 16.0 Å². The number of nitrogens with one attached hydrogen (secondary N) is 1. The predicted molar refractivity (Wildman–Crippen MR) is 79.0 cm³/mol. The lowest BCUT2D eigenvalue weighted by Crippen LogP contribution is -2.64. The van der Waals surface area contributed by atoms with Crippen LogP contribution in [0.2, 0.25) is 0 Å². The lowest BCUT2D eigenvalue weighted by atomic mass is 9.98. The van der Waals surface area contributed by atoms with Crippen molar-refractivity contribution in [3.05, 3.63) is 0 Å². The summed E-state index contributed by atoms with van der Waals surface area (Å²) in [6.45, 7) is 11.9. The molecular formula is C14H30N4O. The van der Waals surface area contributed by atoms with Crippen LogP contribution in [0.25, 0.3) is 0 Å². The predicted octanol–water partition coefficient (Wildman–Crippen LogP) is 0.254. The van der Waals surface area contributed by atoms with Crippen LogP contribution in [-0.2, 0) is 4.79 Å². The third-order valence-electron chi connectivity index (χ3n) is 4.02. The third-order valence-corrected chi connectivity index (χ3v) is 4.02. The summed E-state index contributed by atoms with van der Waals surface area (Å²) in [6.07, 6.45) is 1.14. The summed E-state index contributed by atoms with van der Waals surface area (Å²) in [4.78, 5) is 16.5. The molecule has 0 aromatic heterocycles. The van der Waals surface area contributed by atoms with Gasteiger partial charge in [0.2, 0.25) is 5.91 Å². The van der Waals surface area contributed by atoms with Gasteiger partial charge >= 0.3 is 0 Å². The second-order valence-corrected chi connectivity index (χ2v) is 6.27. The molecule has 1 aliphatic heterocycles. The van der Waals surface area contributed by atoms with Gasteiger partial charge in [0.25, 0.3) is 0 Å². The van der Waals surface area contributed by atoms with E-state index in [-0.39, 0.29) is 11.9 Å². The highest BCUT2D eigenvalue weighted by Gasteiger charge is 2.35. The smallest absolute Gasteiger partial charge is 0.238 e. The zero-order chi connectivity index (χ0) is 14.6. The van der Waals surface area contributed by atoms with Crippen LogP contribution in [-0.4, -0.2) is 66.6 Å². The summed E-state index contributed by atoms with van der Waals surface area (Å²) in [6, 6.07) is 0.817. The van der Waals surface area contributed by atoms with Gasteiger partial charge in [0.05, 0.1) is 0 Å². The number of hydrogen-bond acceptors (Lipinski definition) is 4. The molecule has 2 atom stereocenters. The Bertz CT molecular complexity index is 308. The lowest BCUT2D eigenvalue weighted by molar-refractivity contribution is -0.125. The van der Waals surface area contributed by atoms with E-state index in [9.17, 15) is 4.79 Å². The van der Waals surface area contributed by atoms with Crippen LogP contribution >= 0.6 is 0 Å². The molecular weight excluding hydrogens is 240 g/mol. The second kappa shape index (κ2) is 6.68. The summed E-state index contributed by atoms with van der Waals surface area (Å²) in [5.74, 6) is -0.270. The Balaban J connectivity index is 2.67. The molecule has 112 valence electrons. The molecule has 0 saturated carbocycles. The number of nitrogens with two attached hydrogens (primary N) is 1. The van der Waals surface area contributed by atoms with E-state index < -0.39 is 5.54 Å². The van der Waals surface area contributed by atoms with Crippen molar-refractivity contribution < 1.29 is 4.79 Å². The average Bonchev–Trinajstić information content (AvgIpc) is 2.30. The molecule has 1 amide bonds. The minimum absolute atomic E-state index is 0.243. The molecule has 2 unspecified atom stereocenters. The number of amides is 1. The molecule has 0 radical (unpaired) electrons. The van der Waals surface area contributed by atoms with Crippen LogP contribution in [0, 0.1) is 0 Å². The van der Waals surface area contributed by atoms with E-state index in [0.717, 1.165) is 26.1 Å². The van der Waals surface area contributed by atoms with Crippen LogP contribution in [0.15, 0.2) is 0 Å². The van der Waals surface area contributed by atoms with E-state index >= 15 is 0 Å². The zero-order valence-electron chi connectivity index (χ0n) is 13.1. The van der Waals surface area contributed by atoms with Gasteiger partial charge in [-0.2, -0.15) is 0 Å². The lowest BCUT2D eigenvalue weighted by Gasteiger charge is -2.43. The number of nitrogens with zero attached hydrogens (tertiary/aromatic N) is 2. The molecule has 0 bridgehead atoms. The molecule has 1 rings (SSSR count). The normalized spacial score (nSPS) is 25.5. The van der Waals surface area contributed by atoms with Gasteiger partial charge in [0.15, 0.2) is 0 Å². The van der Waals surface area contributed by atoms with E-state index in [4.69, 9.17) is 5.73 Å². The van der Waals surface area contributed by atoms with Crippen molar-refractivity contribution in [2.45, 2.75) is 51.7 Å². The topological polar surface area (TPSA) is 61.6 Å². The monoisotopic (exact) mass is 270 g/mol. The first kappa shape index (κ1) is 16.4. The molecule has 0 aliphatic carbocycles. The van der Waals surface area contributed by atoms with Gasteiger partial charge in [-0.3, -0.25) is 9.69 Å². The minimum Gasteiger partial charge on any atom is -0.368 e. The highest BCUT2D eigenvalue weighted by atomic mass is 16.1. The van der Waals surface area contributed by atoms with Gasteiger partial charge in [-0.15, -0.1) is 0 Å². The fourth-order valence-corrected chi connectivity index (χ4v) is 2.87. The maximum absolute atomic E-state index is 11.8. The van der Waals surface area contributed by atoms with Crippen molar-refractivity contribution in [2.24, 2.45) is 5.73 Å². The summed E-state index contributed by atoms with van der Waals surface area (Å²) >= 11 is 0. The Morgan fingerprint density at radius 1 is 1.47 bits per heavy atom. The van der Waals surface area contributed by atoms with E-state index in [0.29, 0.717) is 12.6 Å². The molecule has 0 aromatic rings.